The lowest BCUT2D eigenvalue weighted by Gasteiger charge is -2.29. The van der Waals surface area contributed by atoms with Crippen LogP contribution in [-0.2, 0) is 4.79 Å². The summed E-state index contributed by atoms with van der Waals surface area (Å²) in [6, 6.07) is 10.6. The Balaban J connectivity index is 2.30. The third kappa shape index (κ3) is 2.15. The summed E-state index contributed by atoms with van der Waals surface area (Å²) in [6.07, 6.45) is 0.945. The van der Waals surface area contributed by atoms with Crippen LogP contribution in [0.4, 0.5) is 0 Å². The molecule has 0 unspecified atom stereocenters. The van der Waals surface area contributed by atoms with Crippen molar-refractivity contribution in [3.63, 3.8) is 0 Å². The zero-order valence-corrected chi connectivity index (χ0v) is 9.41. The minimum absolute atomic E-state index is 0.0561. The van der Waals surface area contributed by atoms with Crippen molar-refractivity contribution in [1.29, 1.82) is 5.26 Å². The molecule has 4 heteroatoms. The molecule has 0 saturated carbocycles. The van der Waals surface area contributed by atoms with E-state index in [-0.39, 0.29) is 12.5 Å². The van der Waals surface area contributed by atoms with E-state index in [4.69, 9.17) is 5.26 Å². The smallest absolute Gasteiger partial charge is 0.224 e. The van der Waals surface area contributed by atoms with Gasteiger partial charge in [-0.05, 0) is 12.0 Å². The molecule has 1 saturated heterocycles. The van der Waals surface area contributed by atoms with Crippen molar-refractivity contribution in [3.8, 4) is 6.07 Å². The Bertz CT molecular complexity index is 438. The predicted molar refractivity (Wildman–Crippen MR) is 61.7 cm³/mol. The molecule has 1 fully saturated rings. The van der Waals surface area contributed by atoms with Gasteiger partial charge in [0.25, 0.3) is 0 Å². The van der Waals surface area contributed by atoms with Gasteiger partial charge in [-0.2, -0.15) is 5.26 Å². The van der Waals surface area contributed by atoms with Gasteiger partial charge in [0.05, 0.1) is 18.7 Å². The summed E-state index contributed by atoms with van der Waals surface area (Å²) in [5.74, 6) is -0.0561. The second-order valence-electron chi connectivity index (χ2n) is 4.09. The Labute approximate surface area is 100 Å². The SMILES string of the molecule is N#C[C@@H]1CCC(=O)N1[C@@H](CO)c1ccccc1. The van der Waals surface area contributed by atoms with Crippen LogP contribution in [0.1, 0.15) is 24.4 Å². The molecule has 4 nitrogen and oxygen atoms in total. The number of carbonyl (C=O) groups excluding carboxylic acids is 1. The fourth-order valence-corrected chi connectivity index (χ4v) is 2.25. The minimum Gasteiger partial charge on any atom is -0.394 e. The Morgan fingerprint density at radius 3 is 2.76 bits per heavy atom. The minimum atomic E-state index is -0.417. The van der Waals surface area contributed by atoms with E-state index in [0.717, 1.165) is 5.56 Å². The second-order valence-corrected chi connectivity index (χ2v) is 4.09. The third-order valence-corrected chi connectivity index (χ3v) is 3.10. The van der Waals surface area contributed by atoms with Crippen LogP contribution >= 0.6 is 0 Å². The largest absolute Gasteiger partial charge is 0.394 e. The molecule has 17 heavy (non-hydrogen) atoms. The number of benzene rings is 1. The monoisotopic (exact) mass is 230 g/mol. The highest BCUT2D eigenvalue weighted by Crippen LogP contribution is 2.29. The van der Waals surface area contributed by atoms with E-state index in [1.54, 1.807) is 0 Å². The first-order chi connectivity index (χ1) is 8.27. The summed E-state index contributed by atoms with van der Waals surface area (Å²) in [5, 5.41) is 18.5. The fraction of sp³-hybridized carbons (Fsp3) is 0.385. The molecule has 0 aliphatic carbocycles. The molecule has 0 aromatic heterocycles. The number of carbonyl (C=O) groups is 1. The maximum Gasteiger partial charge on any atom is 0.224 e. The van der Waals surface area contributed by atoms with Gasteiger partial charge in [0.15, 0.2) is 0 Å². The van der Waals surface area contributed by atoms with Crippen LogP contribution in [0.2, 0.25) is 0 Å². The summed E-state index contributed by atoms with van der Waals surface area (Å²) in [6.45, 7) is -0.159. The number of amides is 1. The average molecular weight is 230 g/mol. The molecular formula is C13H14N2O2. The van der Waals surface area contributed by atoms with E-state index in [9.17, 15) is 9.90 Å². The van der Waals surface area contributed by atoms with Crippen molar-refractivity contribution in [2.75, 3.05) is 6.61 Å². The van der Waals surface area contributed by atoms with E-state index in [0.29, 0.717) is 12.8 Å². The summed E-state index contributed by atoms with van der Waals surface area (Å²) in [7, 11) is 0. The highest BCUT2D eigenvalue weighted by molar-refractivity contribution is 5.80. The molecule has 88 valence electrons. The number of rotatable bonds is 3. The van der Waals surface area contributed by atoms with Gasteiger partial charge >= 0.3 is 0 Å². The zero-order chi connectivity index (χ0) is 12.3. The topological polar surface area (TPSA) is 64.3 Å². The first kappa shape index (κ1) is 11.6. The van der Waals surface area contributed by atoms with Crippen molar-refractivity contribution in [2.24, 2.45) is 0 Å². The van der Waals surface area contributed by atoms with Crippen LogP contribution < -0.4 is 0 Å². The maximum absolute atomic E-state index is 11.8. The highest BCUT2D eigenvalue weighted by Gasteiger charge is 2.36. The van der Waals surface area contributed by atoms with Gasteiger partial charge in [-0.3, -0.25) is 4.79 Å². The summed E-state index contributed by atoms with van der Waals surface area (Å²) in [4.78, 5) is 13.3. The molecule has 1 amide bonds. The lowest BCUT2D eigenvalue weighted by Crippen LogP contribution is -2.37. The van der Waals surface area contributed by atoms with Gasteiger partial charge in [0.2, 0.25) is 5.91 Å². The second kappa shape index (κ2) is 4.98. The first-order valence-corrected chi connectivity index (χ1v) is 5.64. The molecule has 2 rings (SSSR count). The summed E-state index contributed by atoms with van der Waals surface area (Å²) >= 11 is 0. The summed E-state index contributed by atoms with van der Waals surface area (Å²) < 4.78 is 0. The van der Waals surface area contributed by atoms with Crippen LogP contribution in [0.3, 0.4) is 0 Å². The predicted octanol–water partition coefficient (Wildman–Crippen LogP) is 1.23. The van der Waals surface area contributed by atoms with Gasteiger partial charge in [-0.25, -0.2) is 0 Å². The lowest BCUT2D eigenvalue weighted by molar-refractivity contribution is -0.131. The van der Waals surface area contributed by atoms with Crippen molar-refractivity contribution < 1.29 is 9.90 Å². The molecular weight excluding hydrogens is 216 g/mol. The van der Waals surface area contributed by atoms with Crippen LogP contribution in [0, 0.1) is 11.3 Å². The molecule has 0 bridgehead atoms. The standard InChI is InChI=1S/C13H14N2O2/c14-8-11-6-7-13(17)15(11)12(9-16)10-4-2-1-3-5-10/h1-5,11-12,16H,6-7,9H2/t11-,12-/m0/s1. The highest BCUT2D eigenvalue weighted by atomic mass is 16.3. The van der Waals surface area contributed by atoms with Gasteiger partial charge < -0.3 is 10.0 Å². The third-order valence-electron chi connectivity index (χ3n) is 3.10. The van der Waals surface area contributed by atoms with E-state index in [1.807, 2.05) is 30.3 Å². The van der Waals surface area contributed by atoms with E-state index in [2.05, 4.69) is 6.07 Å². The molecule has 1 heterocycles. The first-order valence-electron chi connectivity index (χ1n) is 5.64. The van der Waals surface area contributed by atoms with Gasteiger partial charge in [-0.1, -0.05) is 30.3 Å². The van der Waals surface area contributed by atoms with Crippen molar-refractivity contribution >= 4 is 5.91 Å². The molecule has 0 spiro atoms. The Hall–Kier alpha value is -1.86. The van der Waals surface area contributed by atoms with Crippen LogP contribution in [0.5, 0.6) is 0 Å². The molecule has 1 aliphatic heterocycles. The zero-order valence-electron chi connectivity index (χ0n) is 9.41. The number of hydrogen-bond acceptors (Lipinski definition) is 3. The van der Waals surface area contributed by atoms with E-state index in [1.165, 1.54) is 4.90 Å². The summed E-state index contributed by atoms with van der Waals surface area (Å²) in [5.41, 5.74) is 0.866. The number of hydrogen-bond donors (Lipinski definition) is 1. The van der Waals surface area contributed by atoms with E-state index >= 15 is 0 Å². The number of nitrogens with zero attached hydrogens (tertiary/aromatic N) is 2. The van der Waals surface area contributed by atoms with E-state index < -0.39 is 12.1 Å². The molecule has 1 aromatic carbocycles. The number of aliphatic hydroxyl groups excluding tert-OH is 1. The molecule has 2 atom stereocenters. The van der Waals surface area contributed by atoms with Gasteiger partial charge in [-0.15, -0.1) is 0 Å². The van der Waals surface area contributed by atoms with Gasteiger partial charge in [0.1, 0.15) is 6.04 Å². The number of nitriles is 1. The average Bonchev–Trinajstić information content (AvgIpc) is 2.74. The van der Waals surface area contributed by atoms with Crippen LogP contribution in [-0.4, -0.2) is 28.6 Å². The lowest BCUT2D eigenvalue weighted by atomic mass is 10.1. The quantitative estimate of drug-likeness (QED) is 0.849. The normalized spacial score (nSPS) is 21.3. The van der Waals surface area contributed by atoms with Crippen LogP contribution in [0.25, 0.3) is 0 Å². The number of aliphatic hydroxyl groups is 1. The number of likely N-dealkylation sites (tertiary alicyclic amines) is 1. The van der Waals surface area contributed by atoms with Crippen molar-refractivity contribution in [2.45, 2.75) is 24.9 Å². The Kier molecular flexibility index (Phi) is 3.40. The maximum atomic E-state index is 11.8. The van der Waals surface area contributed by atoms with Crippen LogP contribution in [0.15, 0.2) is 30.3 Å². The molecule has 1 aromatic rings. The van der Waals surface area contributed by atoms with Gasteiger partial charge in [0, 0.05) is 6.42 Å². The molecule has 1 aliphatic rings. The van der Waals surface area contributed by atoms with Crippen molar-refractivity contribution in [1.82, 2.24) is 4.90 Å². The van der Waals surface area contributed by atoms with Crippen molar-refractivity contribution in [3.05, 3.63) is 35.9 Å². The Morgan fingerprint density at radius 2 is 2.18 bits per heavy atom. The fourth-order valence-electron chi connectivity index (χ4n) is 2.25. The molecule has 1 N–H and O–H groups in total. The molecule has 0 radical (unpaired) electrons. The Morgan fingerprint density at radius 1 is 1.47 bits per heavy atom.